The number of rotatable bonds is 4. The SMILES string of the molecule is C[C@H](NCc1ccccc1O)c1ccccc1Cl. The predicted molar refractivity (Wildman–Crippen MR) is 74.8 cm³/mol. The molecule has 0 aliphatic heterocycles. The minimum absolute atomic E-state index is 0.137. The Balaban J connectivity index is 2.03. The van der Waals surface area contributed by atoms with Crippen molar-refractivity contribution in [2.75, 3.05) is 0 Å². The topological polar surface area (TPSA) is 32.3 Å². The van der Waals surface area contributed by atoms with Gasteiger partial charge in [0.05, 0.1) is 0 Å². The summed E-state index contributed by atoms with van der Waals surface area (Å²) in [5, 5.41) is 13.8. The van der Waals surface area contributed by atoms with Gasteiger partial charge in [-0.1, -0.05) is 48.0 Å². The number of phenolic OH excluding ortho intramolecular Hbond substituents is 1. The average Bonchev–Trinajstić information content (AvgIpc) is 2.38. The summed E-state index contributed by atoms with van der Waals surface area (Å²) in [6.45, 7) is 2.67. The summed E-state index contributed by atoms with van der Waals surface area (Å²) in [4.78, 5) is 0. The Labute approximate surface area is 112 Å². The molecule has 1 atom stereocenters. The molecule has 0 aromatic heterocycles. The third-order valence-corrected chi connectivity index (χ3v) is 3.31. The molecule has 0 aliphatic rings. The van der Waals surface area contributed by atoms with Crippen LogP contribution in [0.5, 0.6) is 5.75 Å². The maximum absolute atomic E-state index is 9.68. The van der Waals surface area contributed by atoms with Crippen LogP contribution in [0.4, 0.5) is 0 Å². The third kappa shape index (κ3) is 3.03. The monoisotopic (exact) mass is 261 g/mol. The van der Waals surface area contributed by atoms with E-state index in [1.807, 2.05) is 42.5 Å². The highest BCUT2D eigenvalue weighted by Gasteiger charge is 2.09. The maximum Gasteiger partial charge on any atom is 0.120 e. The van der Waals surface area contributed by atoms with Crippen LogP contribution in [0, 0.1) is 0 Å². The first-order valence-electron chi connectivity index (χ1n) is 5.93. The second-order valence-electron chi connectivity index (χ2n) is 4.25. The molecular formula is C15H16ClNO. The van der Waals surface area contributed by atoms with Gasteiger partial charge in [-0.2, -0.15) is 0 Å². The van der Waals surface area contributed by atoms with Crippen molar-refractivity contribution in [3.63, 3.8) is 0 Å². The molecule has 94 valence electrons. The molecule has 0 saturated carbocycles. The lowest BCUT2D eigenvalue weighted by Crippen LogP contribution is -2.18. The first kappa shape index (κ1) is 12.9. The summed E-state index contributed by atoms with van der Waals surface area (Å²) < 4.78 is 0. The van der Waals surface area contributed by atoms with Crippen LogP contribution in [0.3, 0.4) is 0 Å². The van der Waals surface area contributed by atoms with E-state index in [9.17, 15) is 5.11 Å². The van der Waals surface area contributed by atoms with Crippen LogP contribution in [0.15, 0.2) is 48.5 Å². The second-order valence-corrected chi connectivity index (χ2v) is 4.66. The van der Waals surface area contributed by atoms with Gasteiger partial charge in [-0.15, -0.1) is 0 Å². The summed E-state index contributed by atoms with van der Waals surface area (Å²) in [5.74, 6) is 0.316. The fourth-order valence-corrected chi connectivity index (χ4v) is 2.16. The minimum atomic E-state index is 0.137. The zero-order valence-corrected chi connectivity index (χ0v) is 11.0. The molecule has 0 heterocycles. The maximum atomic E-state index is 9.68. The smallest absolute Gasteiger partial charge is 0.120 e. The Morgan fingerprint density at radius 3 is 2.50 bits per heavy atom. The molecule has 18 heavy (non-hydrogen) atoms. The molecule has 2 rings (SSSR count). The van der Waals surface area contributed by atoms with Crippen LogP contribution >= 0.6 is 11.6 Å². The lowest BCUT2D eigenvalue weighted by Gasteiger charge is -2.16. The largest absolute Gasteiger partial charge is 0.508 e. The quantitative estimate of drug-likeness (QED) is 0.875. The molecule has 0 bridgehead atoms. The Hall–Kier alpha value is -1.51. The van der Waals surface area contributed by atoms with E-state index < -0.39 is 0 Å². The number of aromatic hydroxyl groups is 1. The van der Waals surface area contributed by atoms with Crippen molar-refractivity contribution in [1.82, 2.24) is 5.32 Å². The number of halogens is 1. The second kappa shape index (κ2) is 5.89. The molecule has 0 saturated heterocycles. The van der Waals surface area contributed by atoms with Crippen molar-refractivity contribution < 1.29 is 5.11 Å². The highest BCUT2D eigenvalue weighted by atomic mass is 35.5. The van der Waals surface area contributed by atoms with Gasteiger partial charge in [0, 0.05) is 23.2 Å². The molecule has 3 heteroatoms. The van der Waals surface area contributed by atoms with Crippen molar-refractivity contribution in [2.24, 2.45) is 0 Å². The van der Waals surface area contributed by atoms with Crippen molar-refractivity contribution in [1.29, 1.82) is 0 Å². The number of phenols is 1. The minimum Gasteiger partial charge on any atom is -0.508 e. The van der Waals surface area contributed by atoms with Crippen LogP contribution < -0.4 is 5.32 Å². The molecular weight excluding hydrogens is 246 g/mol. The fourth-order valence-electron chi connectivity index (χ4n) is 1.86. The highest BCUT2D eigenvalue weighted by molar-refractivity contribution is 6.31. The van der Waals surface area contributed by atoms with E-state index >= 15 is 0 Å². The summed E-state index contributed by atoms with van der Waals surface area (Å²) in [6, 6.07) is 15.2. The summed E-state index contributed by atoms with van der Waals surface area (Å²) in [5.41, 5.74) is 1.95. The van der Waals surface area contributed by atoms with Crippen molar-refractivity contribution in [2.45, 2.75) is 19.5 Å². The Kier molecular flexibility index (Phi) is 4.24. The Morgan fingerprint density at radius 2 is 1.78 bits per heavy atom. The van der Waals surface area contributed by atoms with Crippen LogP contribution in [0.2, 0.25) is 5.02 Å². The zero-order chi connectivity index (χ0) is 13.0. The van der Waals surface area contributed by atoms with E-state index in [2.05, 4.69) is 12.2 Å². The predicted octanol–water partition coefficient (Wildman–Crippen LogP) is 3.90. The lowest BCUT2D eigenvalue weighted by molar-refractivity contribution is 0.460. The first-order valence-corrected chi connectivity index (χ1v) is 6.31. The van der Waals surface area contributed by atoms with E-state index in [0.717, 1.165) is 16.1 Å². The van der Waals surface area contributed by atoms with Crippen LogP contribution in [-0.4, -0.2) is 5.11 Å². The van der Waals surface area contributed by atoms with Crippen LogP contribution in [0.1, 0.15) is 24.1 Å². The van der Waals surface area contributed by atoms with Gasteiger partial charge in [0.15, 0.2) is 0 Å². The number of hydrogen-bond donors (Lipinski definition) is 2. The molecule has 0 aliphatic carbocycles. The Bertz CT molecular complexity index is 527. The van der Waals surface area contributed by atoms with Gasteiger partial charge in [-0.3, -0.25) is 0 Å². The summed E-state index contributed by atoms with van der Waals surface area (Å²) in [6.07, 6.45) is 0. The van der Waals surface area contributed by atoms with Gasteiger partial charge in [-0.25, -0.2) is 0 Å². The van der Waals surface area contributed by atoms with E-state index in [-0.39, 0.29) is 6.04 Å². The highest BCUT2D eigenvalue weighted by Crippen LogP contribution is 2.23. The molecule has 2 N–H and O–H groups in total. The van der Waals surface area contributed by atoms with Gasteiger partial charge in [0.1, 0.15) is 5.75 Å². The number of nitrogens with one attached hydrogen (secondary N) is 1. The van der Waals surface area contributed by atoms with E-state index in [0.29, 0.717) is 12.3 Å². The summed E-state index contributed by atoms with van der Waals surface area (Å²) >= 11 is 6.14. The molecule has 2 aromatic carbocycles. The summed E-state index contributed by atoms with van der Waals surface area (Å²) in [7, 11) is 0. The van der Waals surface area contributed by atoms with E-state index in [4.69, 9.17) is 11.6 Å². The van der Waals surface area contributed by atoms with Crippen molar-refractivity contribution in [3.8, 4) is 5.75 Å². The molecule has 0 spiro atoms. The van der Waals surface area contributed by atoms with Crippen LogP contribution in [0.25, 0.3) is 0 Å². The lowest BCUT2D eigenvalue weighted by atomic mass is 10.1. The number of hydrogen-bond acceptors (Lipinski definition) is 2. The van der Waals surface area contributed by atoms with Crippen LogP contribution in [-0.2, 0) is 6.54 Å². The van der Waals surface area contributed by atoms with Gasteiger partial charge in [0.2, 0.25) is 0 Å². The Morgan fingerprint density at radius 1 is 1.11 bits per heavy atom. The van der Waals surface area contributed by atoms with Gasteiger partial charge < -0.3 is 10.4 Å². The fraction of sp³-hybridized carbons (Fsp3) is 0.200. The van der Waals surface area contributed by atoms with Gasteiger partial charge >= 0.3 is 0 Å². The van der Waals surface area contributed by atoms with Crippen molar-refractivity contribution in [3.05, 3.63) is 64.7 Å². The standard InChI is InChI=1S/C15H16ClNO/c1-11(13-7-3-4-8-14(13)16)17-10-12-6-2-5-9-15(12)18/h2-9,11,17-18H,10H2,1H3/t11-/m0/s1. The molecule has 0 radical (unpaired) electrons. The van der Waals surface area contributed by atoms with Crippen molar-refractivity contribution >= 4 is 11.6 Å². The number of benzene rings is 2. The average molecular weight is 262 g/mol. The molecule has 0 unspecified atom stereocenters. The molecule has 2 aromatic rings. The van der Waals surface area contributed by atoms with E-state index in [1.54, 1.807) is 6.07 Å². The molecule has 0 fully saturated rings. The zero-order valence-electron chi connectivity index (χ0n) is 10.2. The molecule has 2 nitrogen and oxygen atoms in total. The van der Waals surface area contributed by atoms with Gasteiger partial charge in [0.25, 0.3) is 0 Å². The van der Waals surface area contributed by atoms with Gasteiger partial charge in [-0.05, 0) is 24.6 Å². The number of para-hydroxylation sites is 1. The molecule has 0 amide bonds. The van der Waals surface area contributed by atoms with E-state index in [1.165, 1.54) is 0 Å². The first-order chi connectivity index (χ1) is 8.68. The normalized spacial score (nSPS) is 12.3. The third-order valence-electron chi connectivity index (χ3n) is 2.96.